The Morgan fingerprint density at radius 1 is 1.00 bits per heavy atom. The zero-order valence-electron chi connectivity index (χ0n) is 8.30. The van der Waals surface area contributed by atoms with Crippen LogP contribution in [0.2, 0.25) is 0 Å². The average molecular weight is 220 g/mol. The Balaban J connectivity index is 0. The van der Waals surface area contributed by atoms with E-state index in [9.17, 15) is 8.42 Å². The third-order valence-corrected chi connectivity index (χ3v) is 1.66. The Kier molecular flexibility index (Phi) is 9.64. The highest BCUT2D eigenvalue weighted by Crippen LogP contribution is 1.82. The molecule has 82 valence electrons. The standard InChI is InChI=1S/C6H6.C3H8O3S.H2O/c1-2-4-6-5-3-1;1-3-6-7(2,4)5;/h1-6H;3H2,1-2H3;1H2. The molecule has 1 rings (SSSR count). The van der Waals surface area contributed by atoms with E-state index in [0.717, 1.165) is 6.26 Å². The van der Waals surface area contributed by atoms with Gasteiger partial charge < -0.3 is 5.48 Å². The number of hydrogen-bond acceptors (Lipinski definition) is 3. The number of hydrogen-bond donors (Lipinski definition) is 0. The predicted molar refractivity (Wildman–Crippen MR) is 56.5 cm³/mol. The Bertz CT molecular complexity index is 267. The molecule has 0 atom stereocenters. The molecule has 0 spiro atoms. The Hall–Kier alpha value is -0.910. The summed E-state index contributed by atoms with van der Waals surface area (Å²) in [5.41, 5.74) is 0. The summed E-state index contributed by atoms with van der Waals surface area (Å²) in [5, 5.41) is 0. The van der Waals surface area contributed by atoms with Crippen molar-refractivity contribution in [1.82, 2.24) is 0 Å². The fourth-order valence-corrected chi connectivity index (χ4v) is 1.03. The monoisotopic (exact) mass is 220 g/mol. The van der Waals surface area contributed by atoms with E-state index in [4.69, 9.17) is 0 Å². The zero-order valence-corrected chi connectivity index (χ0v) is 9.12. The second-order valence-electron chi connectivity index (χ2n) is 2.27. The van der Waals surface area contributed by atoms with Crippen molar-refractivity contribution >= 4 is 10.1 Å². The summed E-state index contributed by atoms with van der Waals surface area (Å²) < 4.78 is 24.2. The maximum absolute atomic E-state index is 10.0. The van der Waals surface area contributed by atoms with Crippen molar-refractivity contribution in [1.29, 1.82) is 0 Å². The van der Waals surface area contributed by atoms with Crippen LogP contribution in [0.3, 0.4) is 0 Å². The molecular weight excluding hydrogens is 204 g/mol. The molecule has 0 aromatic heterocycles. The third kappa shape index (κ3) is 13.7. The normalized spacial score (nSPS) is 9.29. The molecule has 5 heteroatoms. The molecule has 0 aliphatic rings. The third-order valence-electron chi connectivity index (χ3n) is 0.999. The van der Waals surface area contributed by atoms with Crippen LogP contribution in [0.5, 0.6) is 0 Å². The topological polar surface area (TPSA) is 74.9 Å². The molecule has 0 saturated heterocycles. The molecule has 4 nitrogen and oxygen atoms in total. The van der Waals surface area contributed by atoms with Crippen molar-refractivity contribution in [2.45, 2.75) is 6.92 Å². The summed E-state index contributed by atoms with van der Waals surface area (Å²) in [5.74, 6) is 0. The largest absolute Gasteiger partial charge is 0.412 e. The lowest BCUT2D eigenvalue weighted by atomic mass is 10.4. The second-order valence-corrected chi connectivity index (χ2v) is 3.91. The Morgan fingerprint density at radius 3 is 1.36 bits per heavy atom. The van der Waals surface area contributed by atoms with E-state index in [1.165, 1.54) is 0 Å². The summed E-state index contributed by atoms with van der Waals surface area (Å²) >= 11 is 0. The molecule has 1 aromatic carbocycles. The smallest absolute Gasteiger partial charge is 0.264 e. The summed E-state index contributed by atoms with van der Waals surface area (Å²) in [6.07, 6.45) is 1.02. The first-order valence-corrected chi connectivity index (χ1v) is 5.72. The van der Waals surface area contributed by atoms with Gasteiger partial charge in [0.25, 0.3) is 10.1 Å². The molecule has 0 unspecified atom stereocenters. The summed E-state index contributed by atoms with van der Waals surface area (Å²) in [6.45, 7) is 1.85. The number of benzene rings is 1. The van der Waals surface area contributed by atoms with E-state index in [0.29, 0.717) is 0 Å². The van der Waals surface area contributed by atoms with Gasteiger partial charge in [-0.2, -0.15) is 8.42 Å². The molecule has 0 aliphatic heterocycles. The van der Waals surface area contributed by atoms with Gasteiger partial charge in [0, 0.05) is 0 Å². The van der Waals surface area contributed by atoms with Crippen LogP contribution in [0.15, 0.2) is 36.4 Å². The summed E-state index contributed by atoms with van der Waals surface area (Å²) in [6, 6.07) is 12.0. The van der Waals surface area contributed by atoms with E-state index in [1.54, 1.807) is 6.92 Å². The van der Waals surface area contributed by atoms with Gasteiger partial charge in [-0.15, -0.1) is 0 Å². The van der Waals surface area contributed by atoms with Crippen molar-refractivity contribution in [3.05, 3.63) is 36.4 Å². The van der Waals surface area contributed by atoms with Crippen LogP contribution in [0.1, 0.15) is 6.92 Å². The Labute approximate surface area is 85.0 Å². The van der Waals surface area contributed by atoms with E-state index < -0.39 is 10.1 Å². The fourth-order valence-electron chi connectivity index (χ4n) is 0.599. The molecule has 14 heavy (non-hydrogen) atoms. The first kappa shape index (κ1) is 15.6. The molecule has 0 heterocycles. The summed E-state index contributed by atoms with van der Waals surface area (Å²) in [4.78, 5) is 0. The molecule has 0 fully saturated rings. The van der Waals surface area contributed by atoms with Gasteiger partial charge in [0.2, 0.25) is 0 Å². The van der Waals surface area contributed by atoms with Crippen LogP contribution in [0.25, 0.3) is 0 Å². The van der Waals surface area contributed by atoms with Gasteiger partial charge in [-0.1, -0.05) is 36.4 Å². The molecule has 1 aromatic rings. The molecule has 2 N–H and O–H groups in total. The minimum absolute atomic E-state index is 0. The summed E-state index contributed by atoms with van der Waals surface area (Å²) in [7, 11) is -3.17. The maximum Gasteiger partial charge on any atom is 0.264 e. The lowest BCUT2D eigenvalue weighted by molar-refractivity contribution is 0.342. The predicted octanol–water partition coefficient (Wildman–Crippen LogP) is 0.844. The Morgan fingerprint density at radius 2 is 1.29 bits per heavy atom. The minimum Gasteiger partial charge on any atom is -0.412 e. The van der Waals surface area contributed by atoms with E-state index in [1.807, 2.05) is 36.4 Å². The molecule has 0 saturated carbocycles. The SMILES string of the molecule is CCOS(C)(=O)=O.O.c1ccccc1. The highest BCUT2D eigenvalue weighted by Gasteiger charge is 1.94. The van der Waals surface area contributed by atoms with Crippen molar-refractivity contribution in [3.63, 3.8) is 0 Å². The molecule has 0 radical (unpaired) electrons. The fraction of sp³-hybridized carbons (Fsp3) is 0.333. The van der Waals surface area contributed by atoms with Crippen LogP contribution >= 0.6 is 0 Å². The van der Waals surface area contributed by atoms with Crippen molar-refractivity contribution < 1.29 is 18.1 Å². The van der Waals surface area contributed by atoms with Crippen LogP contribution in [-0.2, 0) is 14.3 Å². The van der Waals surface area contributed by atoms with Gasteiger partial charge in [0.05, 0.1) is 12.9 Å². The first-order chi connectivity index (χ1) is 6.06. The minimum atomic E-state index is -3.17. The van der Waals surface area contributed by atoms with Crippen LogP contribution in [-0.4, -0.2) is 26.8 Å². The van der Waals surface area contributed by atoms with Crippen molar-refractivity contribution in [3.8, 4) is 0 Å². The molecule has 0 amide bonds. The van der Waals surface area contributed by atoms with Gasteiger partial charge in [-0.25, -0.2) is 0 Å². The van der Waals surface area contributed by atoms with Gasteiger partial charge in [-0.3, -0.25) is 4.18 Å². The molecular formula is C9H16O4S. The van der Waals surface area contributed by atoms with E-state index in [2.05, 4.69) is 4.18 Å². The number of rotatable bonds is 2. The van der Waals surface area contributed by atoms with Crippen molar-refractivity contribution in [2.75, 3.05) is 12.9 Å². The molecule has 0 aliphatic carbocycles. The van der Waals surface area contributed by atoms with Gasteiger partial charge >= 0.3 is 0 Å². The van der Waals surface area contributed by atoms with E-state index >= 15 is 0 Å². The van der Waals surface area contributed by atoms with Gasteiger partial charge in [0.1, 0.15) is 0 Å². The lowest BCUT2D eigenvalue weighted by Gasteiger charge is -1.90. The highest BCUT2D eigenvalue weighted by molar-refractivity contribution is 7.85. The first-order valence-electron chi connectivity index (χ1n) is 3.90. The van der Waals surface area contributed by atoms with E-state index in [-0.39, 0.29) is 12.1 Å². The second kappa shape index (κ2) is 8.68. The van der Waals surface area contributed by atoms with Crippen LogP contribution in [0.4, 0.5) is 0 Å². The quantitative estimate of drug-likeness (QED) is 0.693. The van der Waals surface area contributed by atoms with Crippen LogP contribution < -0.4 is 0 Å². The van der Waals surface area contributed by atoms with Crippen molar-refractivity contribution in [2.24, 2.45) is 0 Å². The lowest BCUT2D eigenvalue weighted by Crippen LogP contribution is -2.00. The maximum atomic E-state index is 10.0. The van der Waals surface area contributed by atoms with Gasteiger partial charge in [-0.05, 0) is 6.92 Å². The van der Waals surface area contributed by atoms with Gasteiger partial charge in [0.15, 0.2) is 0 Å². The highest BCUT2D eigenvalue weighted by atomic mass is 32.2. The zero-order chi connectivity index (χ0) is 10.2. The van der Waals surface area contributed by atoms with Crippen LogP contribution in [0, 0.1) is 0 Å². The average Bonchev–Trinajstić information content (AvgIpc) is 2.06. The molecule has 0 bridgehead atoms.